The lowest BCUT2D eigenvalue weighted by atomic mass is 9.92. The van der Waals surface area contributed by atoms with E-state index in [4.69, 9.17) is 0 Å². The standard InChI is InChI=1S/C15H20N2O2.ClH/c18-13(11-4-2-1-3-5-11)15(6-7-15)10-17-14(19)12-8-16-9-12;/h1-5,12-13,16,18H,6-10H2,(H,17,19);1H. The summed E-state index contributed by atoms with van der Waals surface area (Å²) in [6, 6.07) is 9.71. The Morgan fingerprint density at radius 1 is 1.35 bits per heavy atom. The minimum Gasteiger partial charge on any atom is -0.388 e. The summed E-state index contributed by atoms with van der Waals surface area (Å²) in [7, 11) is 0. The van der Waals surface area contributed by atoms with Crippen molar-refractivity contribution in [2.75, 3.05) is 19.6 Å². The molecule has 1 aliphatic carbocycles. The predicted molar refractivity (Wildman–Crippen MR) is 79.7 cm³/mol. The fourth-order valence-electron chi connectivity index (χ4n) is 2.58. The van der Waals surface area contributed by atoms with Gasteiger partial charge in [-0.2, -0.15) is 0 Å². The lowest BCUT2D eigenvalue weighted by molar-refractivity contribution is -0.126. The highest BCUT2D eigenvalue weighted by molar-refractivity contribution is 5.85. The van der Waals surface area contributed by atoms with Crippen molar-refractivity contribution in [2.45, 2.75) is 18.9 Å². The smallest absolute Gasteiger partial charge is 0.225 e. The third-order valence-electron chi connectivity index (χ3n) is 4.35. The summed E-state index contributed by atoms with van der Waals surface area (Å²) in [6.07, 6.45) is 1.48. The van der Waals surface area contributed by atoms with Gasteiger partial charge in [0.05, 0.1) is 12.0 Å². The van der Waals surface area contributed by atoms with Crippen molar-refractivity contribution in [3.05, 3.63) is 35.9 Å². The van der Waals surface area contributed by atoms with Crippen LogP contribution in [0.2, 0.25) is 0 Å². The van der Waals surface area contributed by atoms with Crippen LogP contribution < -0.4 is 10.6 Å². The van der Waals surface area contributed by atoms with E-state index < -0.39 is 6.10 Å². The Morgan fingerprint density at radius 3 is 2.50 bits per heavy atom. The monoisotopic (exact) mass is 296 g/mol. The molecule has 1 saturated heterocycles. The van der Waals surface area contributed by atoms with Crippen molar-refractivity contribution >= 4 is 18.3 Å². The van der Waals surface area contributed by atoms with Gasteiger partial charge in [-0.3, -0.25) is 4.79 Å². The van der Waals surface area contributed by atoms with Crippen molar-refractivity contribution < 1.29 is 9.90 Å². The van der Waals surface area contributed by atoms with Crippen LogP contribution in [0.15, 0.2) is 30.3 Å². The van der Waals surface area contributed by atoms with Gasteiger partial charge in [0, 0.05) is 25.0 Å². The molecule has 1 aromatic carbocycles. The number of amides is 1. The molecular weight excluding hydrogens is 276 g/mol. The Kier molecular flexibility index (Phi) is 4.68. The maximum atomic E-state index is 11.8. The van der Waals surface area contributed by atoms with Crippen LogP contribution in [0.5, 0.6) is 0 Å². The summed E-state index contributed by atoms with van der Waals surface area (Å²) in [5, 5.41) is 16.6. The molecule has 0 radical (unpaired) electrons. The zero-order chi connectivity index (χ0) is 13.3. The molecule has 3 rings (SSSR count). The van der Waals surface area contributed by atoms with E-state index >= 15 is 0 Å². The maximum absolute atomic E-state index is 11.8. The molecule has 1 amide bonds. The van der Waals surface area contributed by atoms with Crippen LogP contribution in [-0.2, 0) is 4.79 Å². The molecule has 2 fully saturated rings. The van der Waals surface area contributed by atoms with Crippen molar-refractivity contribution in [1.82, 2.24) is 10.6 Å². The highest BCUT2D eigenvalue weighted by Gasteiger charge is 2.49. The number of hydrogen-bond acceptors (Lipinski definition) is 3. The molecule has 20 heavy (non-hydrogen) atoms. The average Bonchev–Trinajstić information content (AvgIpc) is 3.16. The Morgan fingerprint density at radius 2 is 2.00 bits per heavy atom. The van der Waals surface area contributed by atoms with Crippen LogP contribution in [-0.4, -0.2) is 30.6 Å². The Bertz CT molecular complexity index is 458. The van der Waals surface area contributed by atoms with Gasteiger partial charge >= 0.3 is 0 Å². The fourth-order valence-corrected chi connectivity index (χ4v) is 2.58. The number of benzene rings is 1. The maximum Gasteiger partial charge on any atom is 0.225 e. The number of aliphatic hydroxyl groups is 1. The molecule has 3 N–H and O–H groups in total. The summed E-state index contributed by atoms with van der Waals surface area (Å²) < 4.78 is 0. The lowest BCUT2D eigenvalue weighted by Gasteiger charge is -2.28. The van der Waals surface area contributed by atoms with Crippen molar-refractivity contribution in [3.63, 3.8) is 0 Å². The minimum atomic E-state index is -0.478. The third-order valence-corrected chi connectivity index (χ3v) is 4.35. The fraction of sp³-hybridized carbons (Fsp3) is 0.533. The second-order valence-electron chi connectivity index (χ2n) is 5.75. The number of nitrogens with one attached hydrogen (secondary N) is 2. The number of aliphatic hydroxyl groups excluding tert-OH is 1. The number of carbonyl (C=O) groups is 1. The van der Waals surface area contributed by atoms with Crippen LogP contribution in [0.1, 0.15) is 24.5 Å². The summed E-state index contributed by atoms with van der Waals surface area (Å²) in [6.45, 7) is 2.14. The Hall–Kier alpha value is -1.10. The number of halogens is 1. The molecule has 1 aliphatic heterocycles. The zero-order valence-corrected chi connectivity index (χ0v) is 12.2. The Balaban J connectivity index is 0.00000147. The second-order valence-corrected chi connectivity index (χ2v) is 5.75. The first-order valence-electron chi connectivity index (χ1n) is 6.93. The first kappa shape index (κ1) is 15.3. The first-order valence-corrected chi connectivity index (χ1v) is 6.93. The van der Waals surface area contributed by atoms with Gasteiger partial charge in [-0.25, -0.2) is 0 Å². The molecule has 1 heterocycles. The number of hydrogen-bond donors (Lipinski definition) is 3. The second kappa shape index (κ2) is 6.12. The molecule has 0 spiro atoms. The summed E-state index contributed by atoms with van der Waals surface area (Å²) in [5.74, 6) is 0.231. The van der Waals surface area contributed by atoms with E-state index in [0.29, 0.717) is 6.54 Å². The van der Waals surface area contributed by atoms with Gasteiger partial charge in [-0.1, -0.05) is 30.3 Å². The topological polar surface area (TPSA) is 61.4 Å². The van der Waals surface area contributed by atoms with Crippen molar-refractivity contribution in [1.29, 1.82) is 0 Å². The molecule has 1 atom stereocenters. The zero-order valence-electron chi connectivity index (χ0n) is 11.3. The molecule has 4 nitrogen and oxygen atoms in total. The molecule has 2 aliphatic rings. The summed E-state index contributed by atoms with van der Waals surface area (Å²) in [5.41, 5.74) is 0.799. The quantitative estimate of drug-likeness (QED) is 0.766. The molecule has 1 saturated carbocycles. The van der Waals surface area contributed by atoms with E-state index in [0.717, 1.165) is 31.5 Å². The Labute approximate surface area is 125 Å². The van der Waals surface area contributed by atoms with Crippen LogP contribution >= 0.6 is 12.4 Å². The molecule has 0 bridgehead atoms. The van der Waals surface area contributed by atoms with E-state index in [1.54, 1.807) is 0 Å². The van der Waals surface area contributed by atoms with Crippen LogP contribution in [0, 0.1) is 11.3 Å². The molecule has 5 heteroatoms. The van der Waals surface area contributed by atoms with Crippen molar-refractivity contribution in [2.24, 2.45) is 11.3 Å². The van der Waals surface area contributed by atoms with Crippen LogP contribution in [0.4, 0.5) is 0 Å². The SMILES string of the molecule is Cl.O=C(NCC1(C(O)c2ccccc2)CC1)C1CNC1. The van der Waals surface area contributed by atoms with E-state index in [1.165, 1.54) is 0 Å². The predicted octanol–water partition coefficient (Wildman–Crippen LogP) is 1.26. The van der Waals surface area contributed by atoms with E-state index in [1.807, 2.05) is 30.3 Å². The van der Waals surface area contributed by atoms with Crippen LogP contribution in [0.3, 0.4) is 0 Å². The highest BCUT2D eigenvalue weighted by atomic mass is 35.5. The summed E-state index contributed by atoms with van der Waals surface area (Å²) >= 11 is 0. The average molecular weight is 297 g/mol. The van der Waals surface area contributed by atoms with Crippen molar-refractivity contribution in [3.8, 4) is 0 Å². The molecule has 110 valence electrons. The molecule has 1 unspecified atom stereocenters. The minimum absolute atomic E-state index is 0. The molecule has 0 aromatic heterocycles. The van der Waals surface area contributed by atoms with Gasteiger partial charge in [0.2, 0.25) is 5.91 Å². The van der Waals surface area contributed by atoms with Crippen LogP contribution in [0.25, 0.3) is 0 Å². The van der Waals surface area contributed by atoms with Gasteiger partial charge < -0.3 is 15.7 Å². The number of carbonyl (C=O) groups excluding carboxylic acids is 1. The molecular formula is C15H21ClN2O2. The van der Waals surface area contributed by atoms with Gasteiger partial charge in [0.1, 0.15) is 0 Å². The number of rotatable bonds is 5. The van der Waals surface area contributed by atoms with Gasteiger partial charge in [0.25, 0.3) is 0 Å². The molecule has 1 aromatic rings. The largest absolute Gasteiger partial charge is 0.388 e. The van der Waals surface area contributed by atoms with Gasteiger partial charge in [-0.15, -0.1) is 12.4 Å². The van der Waals surface area contributed by atoms with E-state index in [2.05, 4.69) is 10.6 Å². The van der Waals surface area contributed by atoms with E-state index in [-0.39, 0.29) is 29.6 Å². The first-order chi connectivity index (χ1) is 9.21. The lowest BCUT2D eigenvalue weighted by Crippen LogP contribution is -2.51. The third kappa shape index (κ3) is 2.97. The van der Waals surface area contributed by atoms with E-state index in [9.17, 15) is 9.90 Å². The highest BCUT2D eigenvalue weighted by Crippen LogP contribution is 2.54. The van der Waals surface area contributed by atoms with Gasteiger partial charge in [-0.05, 0) is 18.4 Å². The normalized spacial score (nSPS) is 21.2. The summed E-state index contributed by atoms with van der Waals surface area (Å²) in [4.78, 5) is 11.8. The van der Waals surface area contributed by atoms with Gasteiger partial charge in [0.15, 0.2) is 0 Å².